The molecular weight excluding hydrogens is 471 g/mol. The average molecular weight is 482 g/mol. The fraction of sp³-hybridized carbons (Fsp3) is 0.357. The van der Waals surface area contributed by atoms with Crippen molar-refractivity contribution in [2.24, 2.45) is 0 Å². The lowest BCUT2D eigenvalue weighted by Gasteiger charge is -2.14. The van der Waals surface area contributed by atoms with E-state index in [-0.39, 0.29) is 18.0 Å². The van der Waals surface area contributed by atoms with Crippen LogP contribution in [0.5, 0.6) is 5.88 Å². The molecule has 14 heteroatoms. The first-order valence-electron chi connectivity index (χ1n) is 7.38. The number of nitro groups is 1. The first kappa shape index (κ1) is 22.8. The zero-order chi connectivity index (χ0) is 21.2. The molecule has 1 heterocycles. The Morgan fingerprint density at radius 2 is 1.89 bits per heavy atom. The van der Waals surface area contributed by atoms with Crippen molar-refractivity contribution in [3.8, 4) is 11.6 Å². The molecule has 0 amide bonds. The van der Waals surface area contributed by atoms with Crippen LogP contribution in [0, 0.1) is 10.1 Å². The summed E-state index contributed by atoms with van der Waals surface area (Å²) in [5.41, 5.74) is -2.38. The maximum atomic E-state index is 12.9. The standard InChI is InChI=1S/C14H11Cl4F3N4O3/c1-22-2-3-28-13-11(25(26)27)10(12(17)18)24(23-13)9-7(15)4-6(5-8(9)16)14(19,20)21/h4-5,12,22H,2-3H2,1H3. The number of hydrogen-bond donors (Lipinski definition) is 1. The van der Waals surface area contributed by atoms with E-state index in [0.717, 1.165) is 4.68 Å². The Bertz CT molecular complexity index is 866. The van der Waals surface area contributed by atoms with E-state index in [0.29, 0.717) is 18.7 Å². The number of benzene rings is 1. The number of likely N-dealkylation sites (N-methyl/N-ethyl adjacent to an activating group) is 1. The van der Waals surface area contributed by atoms with Gasteiger partial charge in [0.25, 0.3) is 0 Å². The van der Waals surface area contributed by atoms with Gasteiger partial charge in [-0.2, -0.15) is 13.2 Å². The second kappa shape index (κ2) is 8.91. The molecule has 0 spiro atoms. The van der Waals surface area contributed by atoms with Gasteiger partial charge in [0.1, 0.15) is 12.3 Å². The van der Waals surface area contributed by atoms with E-state index in [9.17, 15) is 23.3 Å². The zero-order valence-corrected chi connectivity index (χ0v) is 16.9. The first-order valence-corrected chi connectivity index (χ1v) is 9.01. The van der Waals surface area contributed by atoms with E-state index in [1.807, 2.05) is 0 Å². The summed E-state index contributed by atoms with van der Waals surface area (Å²) in [5.74, 6) is -0.436. The highest BCUT2D eigenvalue weighted by Crippen LogP contribution is 2.44. The topological polar surface area (TPSA) is 82.2 Å². The highest BCUT2D eigenvalue weighted by atomic mass is 35.5. The summed E-state index contributed by atoms with van der Waals surface area (Å²) in [4.78, 5) is 9.20. The van der Waals surface area contributed by atoms with Gasteiger partial charge in [-0.05, 0) is 19.2 Å². The van der Waals surface area contributed by atoms with E-state index in [4.69, 9.17) is 51.1 Å². The Kier molecular flexibility index (Phi) is 7.27. The lowest BCUT2D eigenvalue weighted by Crippen LogP contribution is -2.16. The number of ether oxygens (including phenoxy) is 1. The SMILES string of the molecule is CNCCOc1nn(-c2c(Cl)cc(C(F)(F)F)cc2Cl)c(C(Cl)Cl)c1[N+](=O)[O-]. The Morgan fingerprint density at radius 3 is 2.32 bits per heavy atom. The molecule has 0 aliphatic heterocycles. The molecule has 7 nitrogen and oxygen atoms in total. The summed E-state index contributed by atoms with van der Waals surface area (Å²) < 4.78 is 44.9. The second-order valence-corrected chi connectivity index (χ2v) is 7.16. The van der Waals surface area contributed by atoms with Crippen molar-refractivity contribution in [2.75, 3.05) is 20.2 Å². The third-order valence-electron chi connectivity index (χ3n) is 3.40. The number of nitrogens with zero attached hydrogens (tertiary/aromatic N) is 3. The Balaban J connectivity index is 2.71. The molecule has 1 N–H and O–H groups in total. The number of rotatable bonds is 7. The third kappa shape index (κ3) is 4.74. The smallest absolute Gasteiger partial charge is 0.416 e. The van der Waals surface area contributed by atoms with Gasteiger partial charge in [-0.1, -0.05) is 46.4 Å². The molecule has 28 heavy (non-hydrogen) atoms. The summed E-state index contributed by atoms with van der Waals surface area (Å²) in [6, 6.07) is 1.22. The van der Waals surface area contributed by atoms with Gasteiger partial charge < -0.3 is 10.1 Å². The predicted molar refractivity (Wildman–Crippen MR) is 99.1 cm³/mol. The van der Waals surface area contributed by atoms with Crippen LogP contribution in [0.1, 0.15) is 16.1 Å². The number of alkyl halides is 5. The average Bonchev–Trinajstić information content (AvgIpc) is 2.93. The quantitative estimate of drug-likeness (QED) is 0.255. The van der Waals surface area contributed by atoms with E-state index in [1.54, 1.807) is 7.05 Å². The predicted octanol–water partition coefficient (Wildman–Crippen LogP) is 5.18. The van der Waals surface area contributed by atoms with Gasteiger partial charge in [0, 0.05) is 6.54 Å². The summed E-state index contributed by atoms with van der Waals surface area (Å²) in [7, 11) is 1.64. The highest BCUT2D eigenvalue weighted by Gasteiger charge is 2.36. The summed E-state index contributed by atoms with van der Waals surface area (Å²) in [6.45, 7) is 0.351. The maximum Gasteiger partial charge on any atom is 0.416 e. The van der Waals surface area contributed by atoms with Gasteiger partial charge >= 0.3 is 17.7 Å². The molecule has 0 bridgehead atoms. The number of hydrogen-bond acceptors (Lipinski definition) is 5. The lowest BCUT2D eigenvalue weighted by atomic mass is 10.2. The molecule has 1 aromatic carbocycles. The lowest BCUT2D eigenvalue weighted by molar-refractivity contribution is -0.386. The monoisotopic (exact) mass is 480 g/mol. The van der Waals surface area contributed by atoms with Crippen molar-refractivity contribution in [2.45, 2.75) is 11.0 Å². The van der Waals surface area contributed by atoms with Gasteiger partial charge in [0.2, 0.25) is 0 Å². The van der Waals surface area contributed by atoms with Crippen molar-refractivity contribution in [3.05, 3.63) is 43.5 Å². The minimum atomic E-state index is -4.70. The van der Waals surface area contributed by atoms with E-state index in [2.05, 4.69) is 10.4 Å². The molecule has 0 saturated heterocycles. The summed E-state index contributed by atoms with van der Waals surface area (Å²) in [5, 5.41) is 17.3. The normalized spacial score (nSPS) is 11.9. The molecule has 0 saturated carbocycles. The van der Waals surface area contributed by atoms with Crippen LogP contribution < -0.4 is 10.1 Å². The number of nitrogens with one attached hydrogen (secondary N) is 1. The fourth-order valence-corrected chi connectivity index (χ4v) is 3.26. The van der Waals surface area contributed by atoms with E-state index < -0.39 is 43.1 Å². The largest absolute Gasteiger partial charge is 0.470 e. The molecule has 0 aliphatic carbocycles. The van der Waals surface area contributed by atoms with Crippen LogP contribution in [0.3, 0.4) is 0 Å². The van der Waals surface area contributed by atoms with Crippen molar-refractivity contribution >= 4 is 52.1 Å². The van der Waals surface area contributed by atoms with Crippen LogP contribution >= 0.6 is 46.4 Å². The zero-order valence-electron chi connectivity index (χ0n) is 13.9. The Labute approximate surface area is 176 Å². The number of halogens is 7. The van der Waals surface area contributed by atoms with Gasteiger partial charge in [-0.3, -0.25) is 10.1 Å². The Hall–Kier alpha value is -1.46. The summed E-state index contributed by atoms with van der Waals surface area (Å²) >= 11 is 23.6. The maximum absolute atomic E-state index is 12.9. The van der Waals surface area contributed by atoms with E-state index in [1.165, 1.54) is 0 Å². The van der Waals surface area contributed by atoms with Crippen LogP contribution in [-0.2, 0) is 6.18 Å². The molecule has 154 valence electrons. The minimum absolute atomic E-state index is 0.0114. The van der Waals surface area contributed by atoms with Crippen LogP contribution in [0.4, 0.5) is 18.9 Å². The van der Waals surface area contributed by atoms with Crippen LogP contribution in [0.25, 0.3) is 5.69 Å². The second-order valence-electron chi connectivity index (χ2n) is 5.25. The van der Waals surface area contributed by atoms with Crippen molar-refractivity contribution < 1.29 is 22.8 Å². The summed E-state index contributed by atoms with van der Waals surface area (Å²) in [6.07, 6.45) is -4.70. The van der Waals surface area contributed by atoms with Gasteiger partial charge in [-0.25, -0.2) is 4.68 Å². The van der Waals surface area contributed by atoms with Crippen molar-refractivity contribution in [3.63, 3.8) is 0 Å². The molecule has 0 aliphatic rings. The fourth-order valence-electron chi connectivity index (χ4n) is 2.22. The molecule has 2 aromatic rings. The molecule has 2 rings (SSSR count). The van der Waals surface area contributed by atoms with Crippen LogP contribution in [0.2, 0.25) is 10.0 Å². The highest BCUT2D eigenvalue weighted by molar-refractivity contribution is 6.44. The van der Waals surface area contributed by atoms with Gasteiger partial charge in [0.05, 0.1) is 20.5 Å². The number of aromatic nitrogens is 2. The molecule has 0 atom stereocenters. The molecule has 0 unspecified atom stereocenters. The molecule has 1 aromatic heterocycles. The van der Waals surface area contributed by atoms with Gasteiger partial charge in [-0.15, -0.1) is 5.10 Å². The van der Waals surface area contributed by atoms with Crippen LogP contribution in [0.15, 0.2) is 12.1 Å². The Morgan fingerprint density at radius 1 is 1.32 bits per heavy atom. The third-order valence-corrected chi connectivity index (χ3v) is 4.39. The molecular formula is C14H11Cl4F3N4O3. The van der Waals surface area contributed by atoms with Crippen LogP contribution in [-0.4, -0.2) is 34.9 Å². The molecule has 0 fully saturated rings. The van der Waals surface area contributed by atoms with Crippen molar-refractivity contribution in [1.82, 2.24) is 15.1 Å². The molecule has 0 radical (unpaired) electrons. The van der Waals surface area contributed by atoms with E-state index >= 15 is 0 Å². The van der Waals surface area contributed by atoms with Gasteiger partial charge in [0.15, 0.2) is 10.5 Å². The minimum Gasteiger partial charge on any atom is -0.470 e. The first-order chi connectivity index (χ1) is 13.0. The van der Waals surface area contributed by atoms with Crippen molar-refractivity contribution in [1.29, 1.82) is 0 Å².